The summed E-state index contributed by atoms with van der Waals surface area (Å²) in [6.07, 6.45) is 6.43. The normalized spacial score (nSPS) is 18.6. The van der Waals surface area contributed by atoms with Gasteiger partial charge in [-0.1, -0.05) is 0 Å². The van der Waals surface area contributed by atoms with Crippen LogP contribution in [0.25, 0.3) is 0 Å². The zero-order valence-electron chi connectivity index (χ0n) is 22.5. The van der Waals surface area contributed by atoms with Gasteiger partial charge in [0, 0.05) is 49.3 Å². The number of nitrogens with zero attached hydrogens (tertiary/aromatic N) is 4. The average molecular weight is 547 g/mol. The maximum absolute atomic E-state index is 10.6. The van der Waals surface area contributed by atoms with Crippen LogP contribution in [0, 0.1) is 0 Å². The average Bonchev–Trinajstić information content (AvgIpc) is 3.50. The molecule has 0 radical (unpaired) electrons. The third-order valence-electron chi connectivity index (χ3n) is 5.44. The fourth-order valence-corrected chi connectivity index (χ4v) is 3.84. The molecule has 0 aromatic rings. The maximum Gasteiger partial charge on any atom is 0.397 e. The van der Waals surface area contributed by atoms with Gasteiger partial charge in [0.1, 0.15) is 6.73 Å². The topological polar surface area (TPSA) is 158 Å². The van der Waals surface area contributed by atoms with Gasteiger partial charge in [-0.3, -0.25) is 24.5 Å². The Morgan fingerprint density at radius 1 is 0.811 bits per heavy atom. The third-order valence-corrected chi connectivity index (χ3v) is 5.90. The first-order valence-electron chi connectivity index (χ1n) is 12.1. The van der Waals surface area contributed by atoms with E-state index in [4.69, 9.17) is 9.29 Å². The largest absolute Gasteiger partial charge is 0.397 e. The van der Waals surface area contributed by atoms with E-state index in [1.807, 2.05) is 16.2 Å². The van der Waals surface area contributed by atoms with Gasteiger partial charge in [0.05, 0.1) is 30.3 Å². The second-order valence-corrected chi connectivity index (χ2v) is 12.1. The third kappa shape index (κ3) is 9.82. The molecule has 0 aromatic heterocycles. The Bertz CT molecular complexity index is 931. The van der Waals surface area contributed by atoms with Crippen LogP contribution in [0.5, 0.6) is 0 Å². The van der Waals surface area contributed by atoms with E-state index in [9.17, 15) is 8.42 Å². The lowest BCUT2D eigenvalue weighted by Gasteiger charge is -2.30. The molecular formula is C21H42N10O5S. The first-order chi connectivity index (χ1) is 17.2. The smallest absolute Gasteiger partial charge is 0.360 e. The van der Waals surface area contributed by atoms with Crippen molar-refractivity contribution < 1.29 is 21.9 Å². The summed E-state index contributed by atoms with van der Waals surface area (Å²) in [5, 5.41) is 5.85. The van der Waals surface area contributed by atoms with Crippen molar-refractivity contribution in [2.24, 2.45) is 0 Å². The highest BCUT2D eigenvalue weighted by molar-refractivity contribution is 7.80. The molecule has 3 rings (SSSR count). The molecule has 0 spiro atoms. The molecule has 0 amide bonds. The van der Waals surface area contributed by atoms with E-state index >= 15 is 0 Å². The molecule has 212 valence electrons. The molecule has 0 bridgehead atoms. The summed E-state index contributed by atoms with van der Waals surface area (Å²) >= 11 is 0. The lowest BCUT2D eigenvalue weighted by molar-refractivity contribution is 0.0246. The Balaban J connectivity index is 1.56. The second kappa shape index (κ2) is 12.0. The first-order valence-corrected chi connectivity index (χ1v) is 13.5. The fraction of sp³-hybridized carbons (Fsp3) is 0.714. The zero-order chi connectivity index (χ0) is 27.3. The van der Waals surface area contributed by atoms with Crippen LogP contribution in [0.15, 0.2) is 35.7 Å². The van der Waals surface area contributed by atoms with Crippen molar-refractivity contribution in [3.63, 3.8) is 0 Å². The molecule has 0 saturated carbocycles. The van der Waals surface area contributed by atoms with Gasteiger partial charge in [0.25, 0.3) is 0 Å². The van der Waals surface area contributed by atoms with E-state index in [1.54, 1.807) is 5.01 Å². The highest BCUT2D eigenvalue weighted by Gasteiger charge is 2.27. The first kappa shape index (κ1) is 29.2. The number of nitrogens with one attached hydrogen (secondary N) is 6. The summed E-state index contributed by atoms with van der Waals surface area (Å²) in [6, 6.07) is 0. The molecule has 0 atom stereocenters. The van der Waals surface area contributed by atoms with Crippen LogP contribution in [0.1, 0.15) is 48.0 Å². The molecule has 3 aliphatic heterocycles. The van der Waals surface area contributed by atoms with Crippen molar-refractivity contribution >= 4 is 10.4 Å². The molecule has 37 heavy (non-hydrogen) atoms. The zero-order valence-corrected chi connectivity index (χ0v) is 23.3. The van der Waals surface area contributed by atoms with Gasteiger partial charge >= 0.3 is 10.4 Å². The van der Waals surface area contributed by atoms with Crippen LogP contribution >= 0.6 is 0 Å². The molecule has 3 aliphatic rings. The number of hydrogen-bond acceptors (Lipinski definition) is 14. The summed E-state index contributed by atoms with van der Waals surface area (Å²) < 4.78 is 39.5. The quantitative estimate of drug-likeness (QED) is 0.118. The van der Waals surface area contributed by atoms with Gasteiger partial charge in [-0.15, -0.1) is 16.6 Å². The van der Waals surface area contributed by atoms with Crippen molar-refractivity contribution in [3.8, 4) is 0 Å². The van der Waals surface area contributed by atoms with Gasteiger partial charge in [-0.05, 0) is 48.0 Å². The van der Waals surface area contributed by atoms with Crippen molar-refractivity contribution in [3.05, 3.63) is 35.7 Å². The minimum absolute atomic E-state index is 0.0648. The van der Waals surface area contributed by atoms with Crippen LogP contribution in [0.2, 0.25) is 0 Å². The van der Waals surface area contributed by atoms with E-state index in [1.165, 1.54) is 0 Å². The Hall–Kier alpha value is -2.31. The lowest BCUT2D eigenvalue weighted by Crippen LogP contribution is -2.48. The maximum atomic E-state index is 10.6. The summed E-state index contributed by atoms with van der Waals surface area (Å²) in [5.41, 5.74) is 22.1. The van der Waals surface area contributed by atoms with Crippen LogP contribution in [0.4, 0.5) is 0 Å². The Morgan fingerprint density at radius 2 is 1.30 bits per heavy atom. The SMILES string of the molecule is CC(C)(C)N1C=C(CN(CC2=CN(COCCCOS(=O)(=O)O)NN2)CC2=CN(C(C)(C)C)NN2)NN1. The van der Waals surface area contributed by atoms with Gasteiger partial charge < -0.3 is 21.0 Å². The van der Waals surface area contributed by atoms with Crippen molar-refractivity contribution in [1.29, 1.82) is 0 Å². The number of hydrazine groups is 6. The Morgan fingerprint density at radius 3 is 1.76 bits per heavy atom. The highest BCUT2D eigenvalue weighted by atomic mass is 32.3. The molecule has 0 aliphatic carbocycles. The molecule has 0 fully saturated rings. The predicted molar refractivity (Wildman–Crippen MR) is 137 cm³/mol. The summed E-state index contributed by atoms with van der Waals surface area (Å²) in [7, 11) is -4.42. The monoisotopic (exact) mass is 546 g/mol. The van der Waals surface area contributed by atoms with E-state index in [2.05, 4.69) is 95.9 Å². The summed E-state index contributed by atoms with van der Waals surface area (Å²) in [5.74, 6) is 0. The van der Waals surface area contributed by atoms with Crippen LogP contribution in [-0.4, -0.2) is 83.6 Å². The predicted octanol–water partition coefficient (Wildman–Crippen LogP) is -0.432. The van der Waals surface area contributed by atoms with Crippen LogP contribution in [0.3, 0.4) is 0 Å². The molecule has 0 unspecified atom stereocenters. The van der Waals surface area contributed by atoms with Crippen LogP contribution < -0.4 is 32.9 Å². The highest BCUT2D eigenvalue weighted by Crippen LogP contribution is 2.18. The standard InChI is InChI=1S/C21H42N10O5S/c1-20(2,3)30-14-18(23-26-30)11-28(12-19-15-31(27-24-19)21(4,5)6)10-17-13-29(25-22-17)16-35-8-7-9-36-37(32,33)34/h13-15,22-27H,7-12,16H2,1-6H3,(H,32,33,34). The Kier molecular flexibility index (Phi) is 9.52. The molecule has 16 heteroatoms. The van der Waals surface area contributed by atoms with Crippen molar-refractivity contribution in [1.82, 2.24) is 52.8 Å². The van der Waals surface area contributed by atoms with Gasteiger partial charge in [-0.2, -0.15) is 8.42 Å². The number of ether oxygens (including phenoxy) is 1. The van der Waals surface area contributed by atoms with Crippen LogP contribution in [-0.2, 0) is 19.3 Å². The molecule has 0 saturated heterocycles. The minimum Gasteiger partial charge on any atom is -0.360 e. The second-order valence-electron chi connectivity index (χ2n) is 11.0. The number of rotatable bonds is 13. The molecule has 0 aromatic carbocycles. The lowest BCUT2D eigenvalue weighted by atomic mass is 10.1. The Labute approximate surface area is 219 Å². The number of hydrogen-bond donors (Lipinski definition) is 7. The molecule has 15 nitrogen and oxygen atoms in total. The van der Waals surface area contributed by atoms with E-state index in [0.29, 0.717) is 26.1 Å². The van der Waals surface area contributed by atoms with E-state index in [0.717, 1.165) is 17.1 Å². The summed E-state index contributed by atoms with van der Waals surface area (Å²) in [6.45, 7) is 15.2. The molecule has 3 heterocycles. The molecule has 7 N–H and O–H groups in total. The fourth-order valence-electron chi connectivity index (χ4n) is 3.51. The van der Waals surface area contributed by atoms with Gasteiger partial charge in [0.2, 0.25) is 0 Å². The van der Waals surface area contributed by atoms with E-state index in [-0.39, 0.29) is 31.0 Å². The summed E-state index contributed by atoms with van der Waals surface area (Å²) in [4.78, 5) is 2.29. The van der Waals surface area contributed by atoms with Crippen molar-refractivity contribution in [2.45, 2.75) is 59.0 Å². The van der Waals surface area contributed by atoms with Gasteiger partial charge in [0.15, 0.2) is 0 Å². The van der Waals surface area contributed by atoms with Gasteiger partial charge in [-0.25, -0.2) is 4.18 Å². The van der Waals surface area contributed by atoms with E-state index < -0.39 is 10.4 Å². The molecular weight excluding hydrogens is 504 g/mol. The van der Waals surface area contributed by atoms with Crippen molar-refractivity contribution in [2.75, 3.05) is 39.6 Å². The minimum atomic E-state index is -4.42.